The van der Waals surface area contributed by atoms with E-state index in [1.807, 2.05) is 6.07 Å². The van der Waals surface area contributed by atoms with Crippen molar-refractivity contribution in [3.05, 3.63) is 35.4 Å². The van der Waals surface area contributed by atoms with Crippen molar-refractivity contribution in [2.24, 2.45) is 0 Å². The standard InChI is InChI=1S/C13H12N2O2/c1-2-17-13(16)7-12(9-15)11-5-3-10(8-14)4-6-11/h3-6,12H,2,7H2,1H3/t12-/m1/s1. The van der Waals surface area contributed by atoms with Crippen LogP contribution >= 0.6 is 0 Å². The number of carbonyl (C=O) groups excluding carboxylic acids is 1. The van der Waals surface area contributed by atoms with Gasteiger partial charge in [0.05, 0.1) is 36.6 Å². The van der Waals surface area contributed by atoms with Crippen LogP contribution in [0, 0.1) is 22.7 Å². The molecule has 0 amide bonds. The number of benzene rings is 1. The van der Waals surface area contributed by atoms with Crippen LogP contribution in [-0.2, 0) is 9.53 Å². The van der Waals surface area contributed by atoms with E-state index in [1.54, 1.807) is 31.2 Å². The van der Waals surface area contributed by atoms with Crippen molar-refractivity contribution < 1.29 is 9.53 Å². The topological polar surface area (TPSA) is 73.9 Å². The normalized spacial score (nSPS) is 11.0. The Morgan fingerprint density at radius 1 is 1.35 bits per heavy atom. The van der Waals surface area contributed by atoms with E-state index in [9.17, 15) is 4.79 Å². The van der Waals surface area contributed by atoms with Gasteiger partial charge >= 0.3 is 5.97 Å². The zero-order valence-electron chi connectivity index (χ0n) is 9.51. The average Bonchev–Trinajstić information content (AvgIpc) is 2.36. The second-order valence-corrected chi connectivity index (χ2v) is 3.42. The van der Waals surface area contributed by atoms with Crippen molar-refractivity contribution in [3.63, 3.8) is 0 Å². The highest BCUT2D eigenvalue weighted by atomic mass is 16.5. The van der Waals surface area contributed by atoms with Crippen molar-refractivity contribution in [1.29, 1.82) is 10.5 Å². The molecular weight excluding hydrogens is 216 g/mol. The summed E-state index contributed by atoms with van der Waals surface area (Å²) in [5, 5.41) is 17.7. The smallest absolute Gasteiger partial charge is 0.307 e. The Morgan fingerprint density at radius 3 is 2.47 bits per heavy atom. The fourth-order valence-corrected chi connectivity index (χ4v) is 1.41. The maximum absolute atomic E-state index is 11.3. The van der Waals surface area contributed by atoms with Crippen LogP contribution in [-0.4, -0.2) is 12.6 Å². The number of nitriles is 2. The minimum atomic E-state index is -0.526. The number of esters is 1. The van der Waals surface area contributed by atoms with Crippen molar-refractivity contribution in [2.45, 2.75) is 19.3 Å². The van der Waals surface area contributed by atoms with Crippen LogP contribution in [0.2, 0.25) is 0 Å². The summed E-state index contributed by atoms with van der Waals surface area (Å²) in [5.74, 6) is -0.912. The van der Waals surface area contributed by atoms with E-state index in [-0.39, 0.29) is 12.4 Å². The molecule has 0 fully saturated rings. The number of hydrogen-bond acceptors (Lipinski definition) is 4. The third-order valence-electron chi connectivity index (χ3n) is 2.27. The SMILES string of the molecule is CCOC(=O)C[C@H](C#N)c1ccc(C#N)cc1. The third-order valence-corrected chi connectivity index (χ3v) is 2.27. The molecule has 4 heteroatoms. The zero-order chi connectivity index (χ0) is 12.7. The number of ether oxygens (including phenoxy) is 1. The van der Waals surface area contributed by atoms with E-state index in [2.05, 4.69) is 6.07 Å². The predicted octanol–water partition coefficient (Wildman–Crippen LogP) is 2.12. The Balaban J connectivity index is 2.77. The Bertz CT molecular complexity index is 466. The van der Waals surface area contributed by atoms with E-state index in [1.165, 1.54) is 0 Å². The molecule has 0 aliphatic rings. The lowest BCUT2D eigenvalue weighted by atomic mass is 9.96. The first-order valence-corrected chi connectivity index (χ1v) is 5.26. The molecule has 4 nitrogen and oxygen atoms in total. The molecule has 0 N–H and O–H groups in total. The van der Waals surface area contributed by atoms with E-state index in [4.69, 9.17) is 15.3 Å². The van der Waals surface area contributed by atoms with Crippen molar-refractivity contribution in [2.75, 3.05) is 6.61 Å². The van der Waals surface area contributed by atoms with Crippen LogP contribution in [0.3, 0.4) is 0 Å². The third kappa shape index (κ3) is 3.62. The number of nitrogens with zero attached hydrogens (tertiary/aromatic N) is 2. The minimum absolute atomic E-state index is 0.0379. The lowest BCUT2D eigenvalue weighted by Crippen LogP contribution is -2.09. The molecule has 0 radical (unpaired) electrons. The van der Waals surface area contributed by atoms with E-state index in [0.29, 0.717) is 12.2 Å². The molecule has 1 rings (SSSR count). The number of rotatable bonds is 4. The van der Waals surface area contributed by atoms with E-state index < -0.39 is 5.92 Å². The highest BCUT2D eigenvalue weighted by Gasteiger charge is 2.16. The molecule has 0 aliphatic heterocycles. The quantitative estimate of drug-likeness (QED) is 0.740. The summed E-state index contributed by atoms with van der Waals surface area (Å²) in [5.41, 5.74) is 1.25. The van der Waals surface area contributed by atoms with Gasteiger partial charge in [0, 0.05) is 0 Å². The maximum Gasteiger partial charge on any atom is 0.307 e. The van der Waals surface area contributed by atoms with Crippen LogP contribution in [0.4, 0.5) is 0 Å². The second kappa shape index (κ2) is 6.30. The first-order chi connectivity index (χ1) is 8.21. The minimum Gasteiger partial charge on any atom is -0.466 e. The summed E-state index contributed by atoms with van der Waals surface area (Å²) in [6, 6.07) is 10.7. The monoisotopic (exact) mass is 228 g/mol. The summed E-state index contributed by atoms with van der Waals surface area (Å²) in [6.07, 6.45) is 0.0379. The van der Waals surface area contributed by atoms with E-state index >= 15 is 0 Å². The van der Waals surface area contributed by atoms with Crippen LogP contribution in [0.25, 0.3) is 0 Å². The second-order valence-electron chi connectivity index (χ2n) is 3.42. The molecule has 1 aromatic rings. The first kappa shape index (κ1) is 12.7. The highest BCUT2D eigenvalue weighted by molar-refractivity contribution is 5.71. The molecular formula is C13H12N2O2. The molecule has 1 atom stereocenters. The van der Waals surface area contributed by atoms with Gasteiger partial charge in [0.25, 0.3) is 0 Å². The van der Waals surface area contributed by atoms with Gasteiger partial charge in [-0.05, 0) is 24.6 Å². The van der Waals surface area contributed by atoms with Crippen LogP contribution < -0.4 is 0 Å². The molecule has 0 saturated carbocycles. The average molecular weight is 228 g/mol. The molecule has 0 spiro atoms. The van der Waals surface area contributed by atoms with Crippen molar-refractivity contribution >= 4 is 5.97 Å². The molecule has 0 heterocycles. The van der Waals surface area contributed by atoms with Gasteiger partial charge in [-0.15, -0.1) is 0 Å². The maximum atomic E-state index is 11.3. The summed E-state index contributed by atoms with van der Waals surface area (Å²) in [6.45, 7) is 2.03. The fourth-order valence-electron chi connectivity index (χ4n) is 1.41. The first-order valence-electron chi connectivity index (χ1n) is 5.26. The van der Waals surface area contributed by atoms with Crippen LogP contribution in [0.15, 0.2) is 24.3 Å². The summed E-state index contributed by atoms with van der Waals surface area (Å²) >= 11 is 0. The molecule has 0 aliphatic carbocycles. The fraction of sp³-hybridized carbons (Fsp3) is 0.308. The van der Waals surface area contributed by atoms with Gasteiger partial charge in [0.2, 0.25) is 0 Å². The van der Waals surface area contributed by atoms with Gasteiger partial charge in [0.15, 0.2) is 0 Å². The molecule has 0 bridgehead atoms. The van der Waals surface area contributed by atoms with Gasteiger partial charge in [-0.2, -0.15) is 10.5 Å². The van der Waals surface area contributed by atoms with Gasteiger partial charge in [-0.3, -0.25) is 4.79 Å². The Kier molecular flexibility index (Phi) is 4.72. The zero-order valence-corrected chi connectivity index (χ0v) is 9.51. The Morgan fingerprint density at radius 2 is 2.00 bits per heavy atom. The Labute approximate surface area is 100 Å². The summed E-state index contributed by atoms with van der Waals surface area (Å²) < 4.78 is 4.80. The van der Waals surface area contributed by atoms with Crippen molar-refractivity contribution in [3.8, 4) is 12.1 Å². The summed E-state index contributed by atoms with van der Waals surface area (Å²) in [4.78, 5) is 11.3. The lowest BCUT2D eigenvalue weighted by molar-refractivity contribution is -0.143. The Hall–Kier alpha value is -2.33. The van der Waals surface area contributed by atoms with E-state index in [0.717, 1.165) is 5.56 Å². The van der Waals surface area contributed by atoms with Gasteiger partial charge in [-0.25, -0.2) is 0 Å². The van der Waals surface area contributed by atoms with Gasteiger partial charge in [0.1, 0.15) is 0 Å². The molecule has 1 aromatic carbocycles. The summed E-state index contributed by atoms with van der Waals surface area (Å²) in [7, 11) is 0. The largest absolute Gasteiger partial charge is 0.466 e. The van der Waals surface area contributed by atoms with Crippen molar-refractivity contribution in [1.82, 2.24) is 0 Å². The molecule has 0 saturated heterocycles. The molecule has 0 aromatic heterocycles. The van der Waals surface area contributed by atoms with Gasteiger partial charge < -0.3 is 4.74 Å². The number of carbonyl (C=O) groups is 1. The van der Waals surface area contributed by atoms with Crippen LogP contribution in [0.5, 0.6) is 0 Å². The molecule has 17 heavy (non-hydrogen) atoms. The lowest BCUT2D eigenvalue weighted by Gasteiger charge is -2.08. The van der Waals surface area contributed by atoms with Crippen LogP contribution in [0.1, 0.15) is 30.4 Å². The number of hydrogen-bond donors (Lipinski definition) is 0. The van der Waals surface area contributed by atoms with Gasteiger partial charge in [-0.1, -0.05) is 12.1 Å². The highest BCUT2D eigenvalue weighted by Crippen LogP contribution is 2.19. The molecule has 86 valence electrons. The predicted molar refractivity (Wildman–Crippen MR) is 60.8 cm³/mol. The molecule has 0 unspecified atom stereocenters.